The standard InChI is InChI=1S/C31H39N3O5S/c1-6-7-20-32-31(36)25(4)33(21-26-16-12-23(2)13-17-26)30(35)22-34(28-10-8-9-11-29(28)39-5)40(37,38)27-18-14-24(3)15-19-27/h8-19,25H,6-7,20-22H2,1-5H3,(H,32,36)/t25-/m1/s1. The minimum absolute atomic E-state index is 0.0484. The number of carbonyl (C=O) groups excluding carboxylic acids is 2. The van der Waals surface area contributed by atoms with Gasteiger partial charge in [0.25, 0.3) is 10.0 Å². The van der Waals surface area contributed by atoms with Gasteiger partial charge in [-0.05, 0) is 57.0 Å². The molecule has 0 spiro atoms. The Morgan fingerprint density at radius 2 is 1.52 bits per heavy atom. The first-order valence-electron chi connectivity index (χ1n) is 13.4. The van der Waals surface area contributed by atoms with E-state index in [1.165, 1.54) is 24.1 Å². The summed E-state index contributed by atoms with van der Waals surface area (Å²) in [4.78, 5) is 28.5. The van der Waals surface area contributed by atoms with Gasteiger partial charge in [-0.2, -0.15) is 0 Å². The summed E-state index contributed by atoms with van der Waals surface area (Å²) in [6.07, 6.45) is 1.74. The average molecular weight is 566 g/mol. The summed E-state index contributed by atoms with van der Waals surface area (Å²) in [5.74, 6) is -0.499. The van der Waals surface area contributed by atoms with Crippen LogP contribution in [0.1, 0.15) is 43.4 Å². The lowest BCUT2D eigenvalue weighted by atomic mass is 10.1. The van der Waals surface area contributed by atoms with Crippen molar-refractivity contribution >= 4 is 27.5 Å². The van der Waals surface area contributed by atoms with E-state index in [0.717, 1.165) is 33.8 Å². The maximum atomic E-state index is 14.0. The smallest absolute Gasteiger partial charge is 0.264 e. The summed E-state index contributed by atoms with van der Waals surface area (Å²) in [6.45, 7) is 7.66. The number of methoxy groups -OCH3 is 1. The molecule has 214 valence electrons. The van der Waals surface area contributed by atoms with Gasteiger partial charge in [0.1, 0.15) is 18.3 Å². The van der Waals surface area contributed by atoms with E-state index in [9.17, 15) is 18.0 Å². The highest BCUT2D eigenvalue weighted by atomic mass is 32.2. The molecule has 0 saturated heterocycles. The summed E-state index contributed by atoms with van der Waals surface area (Å²) >= 11 is 0. The van der Waals surface area contributed by atoms with Crippen LogP contribution in [0.4, 0.5) is 5.69 Å². The molecular weight excluding hydrogens is 526 g/mol. The van der Waals surface area contributed by atoms with Gasteiger partial charge in [-0.1, -0.05) is 73.0 Å². The zero-order valence-corrected chi connectivity index (χ0v) is 24.7. The van der Waals surface area contributed by atoms with Crippen LogP contribution in [0.3, 0.4) is 0 Å². The lowest BCUT2D eigenvalue weighted by Gasteiger charge is -2.32. The second-order valence-electron chi connectivity index (χ2n) is 9.82. The van der Waals surface area contributed by atoms with Crippen molar-refractivity contribution in [2.24, 2.45) is 0 Å². The van der Waals surface area contributed by atoms with E-state index in [2.05, 4.69) is 5.32 Å². The van der Waals surface area contributed by atoms with Crippen molar-refractivity contribution in [3.63, 3.8) is 0 Å². The van der Waals surface area contributed by atoms with Crippen molar-refractivity contribution in [2.45, 2.75) is 58.0 Å². The Morgan fingerprint density at radius 3 is 2.12 bits per heavy atom. The van der Waals surface area contributed by atoms with Gasteiger partial charge in [0.15, 0.2) is 0 Å². The first kappa shape index (κ1) is 30.7. The van der Waals surface area contributed by atoms with Crippen LogP contribution in [0.15, 0.2) is 77.7 Å². The number of nitrogens with one attached hydrogen (secondary N) is 1. The number of nitrogens with zero attached hydrogens (tertiary/aromatic N) is 2. The first-order chi connectivity index (χ1) is 19.1. The molecule has 0 saturated carbocycles. The highest BCUT2D eigenvalue weighted by Gasteiger charge is 2.33. The fourth-order valence-corrected chi connectivity index (χ4v) is 5.62. The molecule has 0 aliphatic carbocycles. The Balaban J connectivity index is 2.03. The quantitative estimate of drug-likeness (QED) is 0.299. The Labute approximate surface area is 238 Å². The van der Waals surface area contributed by atoms with Crippen LogP contribution in [-0.4, -0.2) is 51.4 Å². The van der Waals surface area contributed by atoms with E-state index in [4.69, 9.17) is 4.74 Å². The number of aryl methyl sites for hydroxylation is 2. The molecule has 0 heterocycles. The molecule has 1 atom stereocenters. The summed E-state index contributed by atoms with van der Waals surface area (Å²) in [7, 11) is -2.72. The Morgan fingerprint density at radius 1 is 0.925 bits per heavy atom. The third-order valence-corrected chi connectivity index (χ3v) is 8.49. The predicted molar refractivity (Wildman–Crippen MR) is 158 cm³/mol. The molecule has 0 radical (unpaired) electrons. The topological polar surface area (TPSA) is 96.0 Å². The summed E-state index contributed by atoms with van der Waals surface area (Å²) in [5.41, 5.74) is 3.04. The normalized spacial score (nSPS) is 11.9. The Bertz CT molecular complexity index is 1390. The largest absolute Gasteiger partial charge is 0.495 e. The molecule has 0 bridgehead atoms. The average Bonchev–Trinajstić information content (AvgIpc) is 2.95. The molecule has 0 aromatic heterocycles. The molecule has 0 fully saturated rings. The van der Waals surface area contributed by atoms with Crippen molar-refractivity contribution in [1.29, 1.82) is 0 Å². The number of para-hydroxylation sites is 2. The molecule has 2 amide bonds. The molecule has 40 heavy (non-hydrogen) atoms. The van der Waals surface area contributed by atoms with E-state index in [0.29, 0.717) is 12.3 Å². The number of carbonyl (C=O) groups is 2. The number of rotatable bonds is 13. The molecule has 3 rings (SSSR count). The minimum Gasteiger partial charge on any atom is -0.495 e. The van der Waals surface area contributed by atoms with E-state index >= 15 is 0 Å². The lowest BCUT2D eigenvalue weighted by molar-refractivity contribution is -0.139. The Hall–Kier alpha value is -3.85. The van der Waals surface area contributed by atoms with Gasteiger partial charge in [0, 0.05) is 13.1 Å². The second kappa shape index (κ2) is 14.0. The van der Waals surface area contributed by atoms with Crippen LogP contribution in [-0.2, 0) is 26.2 Å². The summed E-state index contributed by atoms with van der Waals surface area (Å²) < 4.78 is 34.5. The zero-order chi connectivity index (χ0) is 29.3. The Kier molecular flexibility index (Phi) is 10.7. The van der Waals surface area contributed by atoms with Gasteiger partial charge >= 0.3 is 0 Å². The van der Waals surface area contributed by atoms with Gasteiger partial charge in [-0.25, -0.2) is 8.42 Å². The van der Waals surface area contributed by atoms with Gasteiger partial charge in [0.2, 0.25) is 11.8 Å². The highest BCUT2D eigenvalue weighted by Crippen LogP contribution is 2.32. The van der Waals surface area contributed by atoms with E-state index in [1.807, 2.05) is 45.0 Å². The fourth-order valence-electron chi connectivity index (χ4n) is 4.20. The van der Waals surface area contributed by atoms with Crippen LogP contribution >= 0.6 is 0 Å². The molecule has 0 unspecified atom stereocenters. The molecule has 0 aliphatic rings. The van der Waals surface area contributed by atoms with Crippen molar-refractivity contribution in [1.82, 2.24) is 10.2 Å². The number of ether oxygens (including phenoxy) is 1. The van der Waals surface area contributed by atoms with Gasteiger partial charge < -0.3 is 15.0 Å². The second-order valence-corrected chi connectivity index (χ2v) is 11.7. The van der Waals surface area contributed by atoms with Gasteiger partial charge in [0.05, 0.1) is 17.7 Å². The molecule has 8 nitrogen and oxygen atoms in total. The molecule has 0 aliphatic heterocycles. The first-order valence-corrected chi connectivity index (χ1v) is 14.9. The fraction of sp³-hybridized carbons (Fsp3) is 0.355. The molecule has 9 heteroatoms. The van der Waals surface area contributed by atoms with Crippen molar-refractivity contribution < 1.29 is 22.7 Å². The number of amides is 2. The highest BCUT2D eigenvalue weighted by molar-refractivity contribution is 7.92. The number of hydrogen-bond acceptors (Lipinski definition) is 5. The van der Waals surface area contributed by atoms with Crippen molar-refractivity contribution in [2.75, 3.05) is 24.5 Å². The SMILES string of the molecule is CCCCNC(=O)[C@@H](C)N(Cc1ccc(C)cc1)C(=O)CN(c1ccccc1OC)S(=O)(=O)c1ccc(C)cc1. The molecular formula is C31H39N3O5S. The monoisotopic (exact) mass is 565 g/mol. The van der Waals surface area contributed by atoms with E-state index < -0.39 is 28.5 Å². The van der Waals surface area contributed by atoms with Crippen LogP contribution in [0.5, 0.6) is 5.75 Å². The summed E-state index contributed by atoms with van der Waals surface area (Å²) in [6, 6.07) is 20.0. The van der Waals surface area contributed by atoms with Crippen LogP contribution < -0.4 is 14.4 Å². The van der Waals surface area contributed by atoms with Gasteiger partial charge in [-0.15, -0.1) is 0 Å². The van der Waals surface area contributed by atoms with E-state index in [-0.39, 0.29) is 23.0 Å². The number of anilines is 1. The van der Waals surface area contributed by atoms with Crippen LogP contribution in [0.2, 0.25) is 0 Å². The van der Waals surface area contributed by atoms with Gasteiger partial charge in [-0.3, -0.25) is 13.9 Å². The van der Waals surface area contributed by atoms with Crippen molar-refractivity contribution in [3.8, 4) is 5.75 Å². The maximum Gasteiger partial charge on any atom is 0.264 e. The number of sulfonamides is 1. The lowest BCUT2D eigenvalue weighted by Crippen LogP contribution is -2.51. The summed E-state index contributed by atoms with van der Waals surface area (Å²) in [5, 5.41) is 2.89. The third-order valence-electron chi connectivity index (χ3n) is 6.71. The predicted octanol–water partition coefficient (Wildman–Crippen LogP) is 4.84. The van der Waals surface area contributed by atoms with Crippen molar-refractivity contribution in [3.05, 3.63) is 89.5 Å². The number of unbranched alkanes of at least 4 members (excludes halogenated alkanes) is 1. The minimum atomic E-state index is -4.17. The number of hydrogen-bond donors (Lipinski definition) is 1. The molecule has 3 aromatic carbocycles. The van der Waals surface area contributed by atoms with E-state index in [1.54, 1.807) is 43.3 Å². The third kappa shape index (κ3) is 7.63. The molecule has 3 aromatic rings. The van der Waals surface area contributed by atoms with Crippen LogP contribution in [0.25, 0.3) is 0 Å². The molecule has 1 N–H and O–H groups in total. The maximum absolute atomic E-state index is 14.0. The number of benzene rings is 3. The zero-order valence-electron chi connectivity index (χ0n) is 23.9. The van der Waals surface area contributed by atoms with Crippen LogP contribution in [0, 0.1) is 13.8 Å².